The molecule has 4 saturated heterocycles. The Morgan fingerprint density at radius 2 is 0.881 bits per heavy atom. The number of nitrogens with zero attached hydrogens (tertiary/aromatic N) is 4. The summed E-state index contributed by atoms with van der Waals surface area (Å²) in [5, 5.41) is 7.73. The molecule has 6 heterocycles. The number of hydrogen-bond acceptors (Lipinski definition) is 8. The van der Waals surface area contributed by atoms with E-state index in [1.165, 1.54) is 32.5 Å². The molecule has 4 aromatic rings. The van der Waals surface area contributed by atoms with Crippen molar-refractivity contribution < 1.29 is 19.2 Å². The van der Waals surface area contributed by atoms with Gasteiger partial charge in [-0.15, -0.1) is 22.7 Å². The highest BCUT2D eigenvalue weighted by atomic mass is 32.1. The van der Waals surface area contributed by atoms with Crippen molar-refractivity contribution in [1.29, 1.82) is 0 Å². The Kier molecular flexibility index (Phi) is 5.68. The molecule has 8 rings (SSSR count). The first kappa shape index (κ1) is 25.7. The van der Waals surface area contributed by atoms with Gasteiger partial charge in [0, 0.05) is 9.75 Å². The number of hydrazine groups is 1. The molecule has 4 aliphatic heterocycles. The van der Waals surface area contributed by atoms with Crippen molar-refractivity contribution in [2.75, 3.05) is 9.80 Å². The zero-order valence-electron chi connectivity index (χ0n) is 22.8. The first-order valence-corrected chi connectivity index (χ1v) is 15.6. The molecule has 0 N–H and O–H groups in total. The van der Waals surface area contributed by atoms with Gasteiger partial charge in [-0.2, -0.15) is 0 Å². The molecule has 0 radical (unpaired) electrons. The van der Waals surface area contributed by atoms with Gasteiger partial charge in [0.1, 0.15) is 12.1 Å². The van der Waals surface area contributed by atoms with E-state index >= 15 is 0 Å². The number of aryl methyl sites for hydroxylation is 2. The number of rotatable bonds is 4. The van der Waals surface area contributed by atoms with E-state index < -0.39 is 36.0 Å². The molecule has 8 nitrogen and oxygen atoms in total. The van der Waals surface area contributed by atoms with Gasteiger partial charge in [0.2, 0.25) is 11.8 Å². The maximum absolute atomic E-state index is 14.3. The molecule has 4 fully saturated rings. The summed E-state index contributed by atoms with van der Waals surface area (Å²) in [4.78, 5) is 61.5. The summed E-state index contributed by atoms with van der Waals surface area (Å²) < 4.78 is 0. The van der Waals surface area contributed by atoms with Gasteiger partial charge in [-0.25, -0.2) is 19.8 Å². The van der Waals surface area contributed by atoms with Crippen LogP contribution in [0.4, 0.5) is 11.4 Å². The first-order chi connectivity index (χ1) is 20.4. The summed E-state index contributed by atoms with van der Waals surface area (Å²) in [7, 11) is 0. The molecule has 4 aliphatic rings. The molecule has 0 aliphatic carbocycles. The highest BCUT2D eigenvalue weighted by molar-refractivity contribution is 7.10. The third-order valence-electron chi connectivity index (χ3n) is 8.98. The van der Waals surface area contributed by atoms with Gasteiger partial charge in [-0.3, -0.25) is 19.2 Å². The van der Waals surface area contributed by atoms with E-state index in [0.717, 1.165) is 20.9 Å². The van der Waals surface area contributed by atoms with Gasteiger partial charge in [-0.1, -0.05) is 47.5 Å². The number of imide groups is 2. The molecule has 2 aromatic heterocycles. The van der Waals surface area contributed by atoms with Gasteiger partial charge in [-0.05, 0) is 61.0 Å². The summed E-state index contributed by atoms with van der Waals surface area (Å²) >= 11 is 2.99. The standard InChI is InChI=1S/C32H26N4O4S2/c1-17-7-11-19(12-8-17)33-29(37)23-25(21-5-3-15-41-21)36-28-24(26(22-6-4-16-42-22)35(36)27(23)31(33)39)30(38)34(32(28)40)20-13-9-18(2)10-14-20/h3-16,23-28H,1-2H3/t23-,24-,25+,26+,27-,28+/m1/s1. The fourth-order valence-corrected chi connectivity index (χ4v) is 8.94. The molecule has 10 heteroatoms. The molecular weight excluding hydrogens is 569 g/mol. The smallest absolute Gasteiger partial charge is 0.253 e. The van der Waals surface area contributed by atoms with E-state index in [0.29, 0.717) is 11.4 Å². The van der Waals surface area contributed by atoms with Gasteiger partial charge in [0.15, 0.2) is 0 Å². The lowest BCUT2D eigenvalue weighted by Gasteiger charge is -2.35. The van der Waals surface area contributed by atoms with Gasteiger partial charge >= 0.3 is 0 Å². The first-order valence-electron chi connectivity index (χ1n) is 13.9. The van der Waals surface area contributed by atoms with Crippen molar-refractivity contribution in [3.8, 4) is 0 Å². The van der Waals surface area contributed by atoms with E-state index in [-0.39, 0.29) is 23.6 Å². The normalized spacial score (nSPS) is 29.1. The minimum absolute atomic E-state index is 0.282. The molecule has 6 atom stereocenters. The molecular formula is C32H26N4O4S2. The van der Waals surface area contributed by atoms with Gasteiger partial charge in [0.25, 0.3) is 11.8 Å². The zero-order valence-corrected chi connectivity index (χ0v) is 24.4. The molecule has 4 amide bonds. The van der Waals surface area contributed by atoms with Crippen LogP contribution >= 0.6 is 22.7 Å². The van der Waals surface area contributed by atoms with Crippen molar-refractivity contribution in [2.24, 2.45) is 11.8 Å². The molecule has 2 aromatic carbocycles. The summed E-state index contributed by atoms with van der Waals surface area (Å²) in [5.74, 6) is -2.66. The summed E-state index contributed by atoms with van der Waals surface area (Å²) in [6.07, 6.45) is 0. The second-order valence-corrected chi connectivity index (χ2v) is 13.3. The second kappa shape index (κ2) is 9.27. The Morgan fingerprint density at radius 1 is 0.500 bits per heavy atom. The van der Waals surface area contributed by atoms with Crippen LogP contribution in [0.3, 0.4) is 0 Å². The van der Waals surface area contributed by atoms with Crippen LogP contribution in [0.5, 0.6) is 0 Å². The van der Waals surface area contributed by atoms with Crippen molar-refractivity contribution in [3.63, 3.8) is 0 Å². The third-order valence-corrected chi connectivity index (χ3v) is 10.9. The van der Waals surface area contributed by atoms with E-state index in [1.54, 1.807) is 24.3 Å². The molecule has 0 unspecified atom stereocenters. The minimum Gasteiger partial charge on any atom is -0.274 e. The van der Waals surface area contributed by atoms with Crippen LogP contribution in [0, 0.1) is 25.7 Å². The predicted molar refractivity (Wildman–Crippen MR) is 160 cm³/mol. The van der Waals surface area contributed by atoms with Crippen LogP contribution in [-0.2, 0) is 19.2 Å². The predicted octanol–water partition coefficient (Wildman–Crippen LogP) is 4.87. The fraction of sp³-hybridized carbons (Fsp3) is 0.250. The van der Waals surface area contributed by atoms with Crippen LogP contribution in [0.25, 0.3) is 0 Å². The number of benzene rings is 2. The summed E-state index contributed by atoms with van der Waals surface area (Å²) in [6.45, 7) is 3.92. The third kappa shape index (κ3) is 3.40. The van der Waals surface area contributed by atoms with Crippen LogP contribution < -0.4 is 9.80 Å². The van der Waals surface area contributed by atoms with Crippen molar-refractivity contribution in [3.05, 3.63) is 104 Å². The van der Waals surface area contributed by atoms with Crippen molar-refractivity contribution >= 4 is 57.7 Å². The van der Waals surface area contributed by atoms with Crippen LogP contribution in [0.2, 0.25) is 0 Å². The van der Waals surface area contributed by atoms with Crippen LogP contribution in [-0.4, -0.2) is 45.7 Å². The molecule has 0 bridgehead atoms. The Labute approximate surface area is 250 Å². The lowest BCUT2D eigenvalue weighted by molar-refractivity contribution is -0.135. The Balaban J connectivity index is 1.30. The van der Waals surface area contributed by atoms with E-state index in [9.17, 15) is 19.2 Å². The summed E-state index contributed by atoms with van der Waals surface area (Å²) in [5.41, 5.74) is 3.12. The number of carbonyl (C=O) groups is 4. The Bertz CT molecular complexity index is 1610. The highest BCUT2D eigenvalue weighted by Crippen LogP contribution is 2.60. The highest BCUT2D eigenvalue weighted by Gasteiger charge is 2.74. The SMILES string of the molecule is Cc1ccc(N2C(=O)[C@H]3[C@@H](C2=O)N2[C@@H](c4cccs4)[C@H]4C(=O)N(c5ccc(C)cc5)C(=O)[C@@H]4N2[C@H]3c2cccs2)cc1. The molecule has 0 spiro atoms. The Morgan fingerprint density at radius 3 is 1.21 bits per heavy atom. The lowest BCUT2D eigenvalue weighted by atomic mass is 9.88. The number of thiophene rings is 2. The monoisotopic (exact) mass is 594 g/mol. The quantitative estimate of drug-likeness (QED) is 0.314. The number of carbonyl (C=O) groups excluding carboxylic acids is 4. The van der Waals surface area contributed by atoms with Crippen LogP contribution in [0.15, 0.2) is 83.6 Å². The maximum atomic E-state index is 14.3. The van der Waals surface area contributed by atoms with Crippen molar-refractivity contribution in [1.82, 2.24) is 10.0 Å². The minimum atomic E-state index is -0.836. The fourth-order valence-electron chi connectivity index (χ4n) is 7.21. The molecule has 0 saturated carbocycles. The van der Waals surface area contributed by atoms with Gasteiger partial charge in [0.05, 0.1) is 35.3 Å². The average Bonchev–Trinajstić information content (AvgIpc) is 3.81. The number of hydrogen-bond donors (Lipinski definition) is 0. The van der Waals surface area contributed by atoms with Gasteiger partial charge < -0.3 is 0 Å². The van der Waals surface area contributed by atoms with E-state index in [2.05, 4.69) is 0 Å². The number of amides is 4. The van der Waals surface area contributed by atoms with E-state index in [4.69, 9.17) is 0 Å². The molecule has 42 heavy (non-hydrogen) atoms. The largest absolute Gasteiger partial charge is 0.274 e. The number of anilines is 2. The Hall–Kier alpha value is -3.96. The maximum Gasteiger partial charge on any atom is 0.253 e. The number of fused-ring (bicyclic) bond motifs is 5. The van der Waals surface area contributed by atoms with E-state index in [1.807, 2.05) is 83.2 Å². The topological polar surface area (TPSA) is 81.2 Å². The second-order valence-electron chi connectivity index (χ2n) is 11.3. The van der Waals surface area contributed by atoms with Crippen LogP contribution in [0.1, 0.15) is 33.0 Å². The zero-order chi connectivity index (χ0) is 28.9. The summed E-state index contributed by atoms with van der Waals surface area (Å²) in [6, 6.07) is 19.7. The lowest BCUT2D eigenvalue weighted by Crippen LogP contribution is -2.50. The van der Waals surface area contributed by atoms with Crippen molar-refractivity contribution in [2.45, 2.75) is 38.0 Å². The average molecular weight is 595 g/mol. The molecule has 210 valence electrons.